The first-order chi connectivity index (χ1) is 13.0. The molecule has 27 heavy (non-hydrogen) atoms. The van der Waals surface area contributed by atoms with Crippen molar-refractivity contribution < 1.29 is 8.42 Å². The first kappa shape index (κ1) is 19.2. The average Bonchev–Trinajstić information content (AvgIpc) is 3.08. The molecule has 0 atom stereocenters. The van der Waals surface area contributed by atoms with Gasteiger partial charge in [-0.1, -0.05) is 55.3 Å². The molecule has 142 valence electrons. The van der Waals surface area contributed by atoms with Gasteiger partial charge in [0.2, 0.25) is 0 Å². The Morgan fingerprint density at radius 1 is 1.00 bits per heavy atom. The van der Waals surface area contributed by atoms with Gasteiger partial charge in [-0.2, -0.15) is 5.10 Å². The molecule has 5 nitrogen and oxygen atoms in total. The number of hydrogen-bond donors (Lipinski definition) is 1. The average molecular weight is 384 g/mol. The van der Waals surface area contributed by atoms with Gasteiger partial charge in [0.25, 0.3) is 10.0 Å². The minimum atomic E-state index is -3.62. The van der Waals surface area contributed by atoms with Crippen molar-refractivity contribution in [1.29, 1.82) is 0 Å². The zero-order valence-electron chi connectivity index (χ0n) is 15.7. The number of aromatic nitrogens is 2. The molecule has 0 radical (unpaired) electrons. The SMILES string of the molecule is CCCCc1ccc(S(=O)(=O)Nc2cnn(Cc3ccc(C)cc3)c2)cc1. The maximum atomic E-state index is 12.6. The predicted octanol–water partition coefficient (Wildman–Crippen LogP) is 4.38. The molecule has 0 bridgehead atoms. The summed E-state index contributed by atoms with van der Waals surface area (Å²) in [4.78, 5) is 0.258. The van der Waals surface area contributed by atoms with E-state index in [1.165, 1.54) is 11.8 Å². The topological polar surface area (TPSA) is 64.0 Å². The zero-order chi connectivity index (χ0) is 19.3. The number of sulfonamides is 1. The molecule has 0 saturated heterocycles. The van der Waals surface area contributed by atoms with E-state index in [2.05, 4.69) is 16.7 Å². The number of nitrogens with one attached hydrogen (secondary N) is 1. The van der Waals surface area contributed by atoms with E-state index in [1.807, 2.05) is 43.3 Å². The Balaban J connectivity index is 1.67. The highest BCUT2D eigenvalue weighted by atomic mass is 32.2. The molecular weight excluding hydrogens is 358 g/mol. The number of anilines is 1. The first-order valence-corrected chi connectivity index (χ1v) is 10.6. The number of unbranched alkanes of at least 4 members (excludes halogenated alkanes) is 1. The molecule has 0 amide bonds. The second kappa shape index (κ2) is 8.39. The Labute approximate surface area is 161 Å². The van der Waals surface area contributed by atoms with Crippen LogP contribution in [0.25, 0.3) is 0 Å². The summed E-state index contributed by atoms with van der Waals surface area (Å²) in [6.45, 7) is 4.77. The van der Waals surface area contributed by atoms with E-state index >= 15 is 0 Å². The van der Waals surface area contributed by atoms with Crippen LogP contribution < -0.4 is 4.72 Å². The summed E-state index contributed by atoms with van der Waals surface area (Å²) < 4.78 is 29.5. The summed E-state index contributed by atoms with van der Waals surface area (Å²) in [5.74, 6) is 0. The summed E-state index contributed by atoms with van der Waals surface area (Å²) in [5.41, 5.74) is 3.92. The third-order valence-electron chi connectivity index (χ3n) is 4.40. The molecule has 3 aromatic rings. The van der Waals surface area contributed by atoms with Gasteiger partial charge in [-0.05, 0) is 43.0 Å². The largest absolute Gasteiger partial charge is 0.276 e. The smallest absolute Gasteiger partial charge is 0.261 e. The number of hydrogen-bond acceptors (Lipinski definition) is 3. The molecular formula is C21H25N3O2S. The maximum Gasteiger partial charge on any atom is 0.261 e. The van der Waals surface area contributed by atoms with Crippen LogP contribution in [0.15, 0.2) is 65.8 Å². The number of rotatable bonds is 8. The van der Waals surface area contributed by atoms with Gasteiger partial charge in [0.05, 0.1) is 23.3 Å². The van der Waals surface area contributed by atoms with Crippen LogP contribution in [0.5, 0.6) is 0 Å². The van der Waals surface area contributed by atoms with Gasteiger partial charge in [-0.3, -0.25) is 9.40 Å². The van der Waals surface area contributed by atoms with E-state index in [1.54, 1.807) is 23.0 Å². The lowest BCUT2D eigenvalue weighted by atomic mass is 10.1. The molecule has 1 N–H and O–H groups in total. The number of nitrogens with zero attached hydrogens (tertiary/aromatic N) is 2. The fraction of sp³-hybridized carbons (Fsp3) is 0.286. The van der Waals surface area contributed by atoms with Crippen LogP contribution in [0.3, 0.4) is 0 Å². The van der Waals surface area contributed by atoms with Crippen LogP contribution in [0.1, 0.15) is 36.5 Å². The van der Waals surface area contributed by atoms with E-state index in [0.29, 0.717) is 12.2 Å². The molecule has 0 spiro atoms. The maximum absolute atomic E-state index is 12.6. The van der Waals surface area contributed by atoms with E-state index in [-0.39, 0.29) is 4.90 Å². The van der Waals surface area contributed by atoms with Crippen LogP contribution >= 0.6 is 0 Å². The zero-order valence-corrected chi connectivity index (χ0v) is 16.5. The van der Waals surface area contributed by atoms with E-state index < -0.39 is 10.0 Å². The van der Waals surface area contributed by atoms with Crippen LogP contribution in [0.4, 0.5) is 5.69 Å². The molecule has 0 aliphatic heterocycles. The second-order valence-electron chi connectivity index (χ2n) is 6.77. The molecule has 1 aromatic heterocycles. The van der Waals surface area contributed by atoms with Gasteiger partial charge in [0.15, 0.2) is 0 Å². The molecule has 0 aliphatic carbocycles. The minimum absolute atomic E-state index is 0.258. The quantitative estimate of drug-likeness (QED) is 0.628. The lowest BCUT2D eigenvalue weighted by Gasteiger charge is -2.07. The third kappa shape index (κ3) is 5.20. The van der Waals surface area contributed by atoms with Gasteiger partial charge in [-0.15, -0.1) is 0 Å². The number of benzene rings is 2. The van der Waals surface area contributed by atoms with Gasteiger partial charge in [0.1, 0.15) is 0 Å². The number of aryl methyl sites for hydroxylation is 2. The summed E-state index contributed by atoms with van der Waals surface area (Å²) in [6.07, 6.45) is 6.42. The molecule has 1 heterocycles. The highest BCUT2D eigenvalue weighted by molar-refractivity contribution is 7.92. The van der Waals surface area contributed by atoms with Crippen LogP contribution in [-0.4, -0.2) is 18.2 Å². The fourth-order valence-electron chi connectivity index (χ4n) is 2.81. The van der Waals surface area contributed by atoms with Gasteiger partial charge in [0, 0.05) is 6.20 Å². The van der Waals surface area contributed by atoms with Crippen molar-refractivity contribution in [3.8, 4) is 0 Å². The normalized spacial score (nSPS) is 11.5. The standard InChI is InChI=1S/C21H25N3O2S/c1-3-4-5-18-10-12-21(13-11-18)27(25,26)23-20-14-22-24(16-20)15-19-8-6-17(2)7-9-19/h6-14,16,23H,3-5,15H2,1-2H3. The Morgan fingerprint density at radius 2 is 1.67 bits per heavy atom. The van der Waals surface area contributed by atoms with Crippen molar-refractivity contribution in [3.05, 3.63) is 77.6 Å². The molecule has 6 heteroatoms. The lowest BCUT2D eigenvalue weighted by molar-refractivity contribution is 0.601. The van der Waals surface area contributed by atoms with Crippen molar-refractivity contribution in [3.63, 3.8) is 0 Å². The Bertz CT molecular complexity index is 975. The lowest BCUT2D eigenvalue weighted by Crippen LogP contribution is -2.12. The summed E-state index contributed by atoms with van der Waals surface area (Å²) in [5, 5.41) is 4.25. The fourth-order valence-corrected chi connectivity index (χ4v) is 3.84. The van der Waals surface area contributed by atoms with Crippen LogP contribution in [0.2, 0.25) is 0 Å². The molecule has 0 saturated carbocycles. The molecule has 0 aliphatic rings. The van der Waals surface area contributed by atoms with Gasteiger partial charge >= 0.3 is 0 Å². The highest BCUT2D eigenvalue weighted by Crippen LogP contribution is 2.17. The van der Waals surface area contributed by atoms with Crippen molar-refractivity contribution >= 4 is 15.7 Å². The second-order valence-corrected chi connectivity index (χ2v) is 8.45. The molecule has 2 aromatic carbocycles. The Hall–Kier alpha value is -2.60. The monoisotopic (exact) mass is 383 g/mol. The third-order valence-corrected chi connectivity index (χ3v) is 5.80. The van der Waals surface area contributed by atoms with E-state index in [0.717, 1.165) is 30.4 Å². The highest BCUT2D eigenvalue weighted by Gasteiger charge is 2.15. The summed E-state index contributed by atoms with van der Waals surface area (Å²) >= 11 is 0. The van der Waals surface area contributed by atoms with Crippen molar-refractivity contribution in [2.24, 2.45) is 0 Å². The van der Waals surface area contributed by atoms with E-state index in [4.69, 9.17) is 0 Å². The Morgan fingerprint density at radius 3 is 2.33 bits per heavy atom. The van der Waals surface area contributed by atoms with Crippen molar-refractivity contribution in [2.75, 3.05) is 4.72 Å². The van der Waals surface area contributed by atoms with Crippen molar-refractivity contribution in [1.82, 2.24) is 9.78 Å². The van der Waals surface area contributed by atoms with Crippen LogP contribution in [-0.2, 0) is 23.0 Å². The summed E-state index contributed by atoms with van der Waals surface area (Å²) in [7, 11) is -3.62. The van der Waals surface area contributed by atoms with E-state index in [9.17, 15) is 8.42 Å². The van der Waals surface area contributed by atoms with Gasteiger partial charge in [-0.25, -0.2) is 8.42 Å². The molecule has 0 fully saturated rings. The minimum Gasteiger partial charge on any atom is -0.276 e. The van der Waals surface area contributed by atoms with Crippen LogP contribution in [0, 0.1) is 6.92 Å². The first-order valence-electron chi connectivity index (χ1n) is 9.16. The Kier molecular flexibility index (Phi) is 5.96. The summed E-state index contributed by atoms with van der Waals surface area (Å²) in [6, 6.07) is 15.3. The predicted molar refractivity (Wildman–Crippen MR) is 108 cm³/mol. The molecule has 3 rings (SSSR count). The van der Waals surface area contributed by atoms with Gasteiger partial charge < -0.3 is 0 Å². The molecule has 0 unspecified atom stereocenters. The van der Waals surface area contributed by atoms with Crippen molar-refractivity contribution in [2.45, 2.75) is 44.6 Å².